The number of aromatic nitrogens is 2. The summed E-state index contributed by atoms with van der Waals surface area (Å²) in [5.74, 6) is 0. The fraction of sp³-hybridized carbons (Fsp3) is 0.0714. The van der Waals surface area contributed by atoms with Crippen molar-refractivity contribution in [3.63, 3.8) is 0 Å². The second-order valence-corrected chi connectivity index (χ2v) is 7.99. The number of benzene rings is 4. The molecule has 0 unspecified atom stereocenters. The molecule has 0 saturated carbocycles. The van der Waals surface area contributed by atoms with Crippen LogP contribution in [0.15, 0.2) is 78.9 Å². The van der Waals surface area contributed by atoms with Gasteiger partial charge in [0.15, 0.2) is 0 Å². The van der Waals surface area contributed by atoms with Crippen molar-refractivity contribution in [2.45, 2.75) is 13.5 Å². The van der Waals surface area contributed by atoms with Crippen molar-refractivity contribution >= 4 is 43.6 Å². The molecule has 32 heavy (non-hydrogen) atoms. The Balaban J connectivity index is 1.76. The molecule has 0 aliphatic rings. The maximum Gasteiger partial charge on any atom is 0.0992 e. The third-order valence-corrected chi connectivity index (χ3v) is 6.36. The molecule has 0 bridgehead atoms. The lowest BCUT2D eigenvalue weighted by molar-refractivity contribution is 0.827. The molecule has 0 atom stereocenters. The van der Waals surface area contributed by atoms with Crippen LogP contribution in [0.25, 0.3) is 49.3 Å². The van der Waals surface area contributed by atoms with E-state index in [2.05, 4.69) is 70.7 Å². The number of para-hydroxylation sites is 1. The van der Waals surface area contributed by atoms with E-state index in [1.54, 1.807) is 0 Å². The highest BCUT2D eigenvalue weighted by molar-refractivity contribution is 6.12. The summed E-state index contributed by atoms with van der Waals surface area (Å²) in [5, 5.41) is 23.6. The molecule has 0 fully saturated rings. The highest BCUT2D eigenvalue weighted by Crippen LogP contribution is 2.36. The molecule has 2 aromatic heterocycles. The van der Waals surface area contributed by atoms with Gasteiger partial charge in [0.05, 0.1) is 34.3 Å². The molecule has 0 amide bonds. The Hall–Kier alpha value is -4.54. The van der Waals surface area contributed by atoms with Crippen LogP contribution in [0.4, 0.5) is 0 Å². The van der Waals surface area contributed by atoms with Crippen molar-refractivity contribution in [3.05, 3.63) is 90.0 Å². The average molecular weight is 410 g/mol. The number of hydrogen-bond acceptors (Lipinski definition) is 2. The largest absolute Gasteiger partial charge is 0.341 e. The van der Waals surface area contributed by atoms with Gasteiger partial charge in [-0.05, 0) is 55.5 Å². The van der Waals surface area contributed by atoms with E-state index in [-0.39, 0.29) is 0 Å². The first kappa shape index (κ1) is 18.2. The predicted molar refractivity (Wildman–Crippen MR) is 129 cm³/mol. The van der Waals surface area contributed by atoms with Crippen LogP contribution in [0.1, 0.15) is 18.1 Å². The lowest BCUT2D eigenvalue weighted by atomic mass is 10.1. The second-order valence-electron chi connectivity index (χ2n) is 7.99. The number of hydrogen-bond donors (Lipinski definition) is 0. The smallest absolute Gasteiger partial charge is 0.0992 e. The van der Waals surface area contributed by atoms with Gasteiger partial charge in [-0.2, -0.15) is 10.5 Å². The molecule has 0 aliphatic carbocycles. The van der Waals surface area contributed by atoms with Gasteiger partial charge in [0, 0.05) is 44.8 Å². The monoisotopic (exact) mass is 410 g/mol. The molecule has 0 aliphatic heterocycles. The summed E-state index contributed by atoms with van der Waals surface area (Å²) in [5.41, 5.74) is 6.61. The lowest BCUT2D eigenvalue weighted by Gasteiger charge is -2.09. The second kappa shape index (κ2) is 6.74. The van der Waals surface area contributed by atoms with E-state index in [1.807, 2.05) is 36.4 Å². The Kier molecular flexibility index (Phi) is 3.84. The van der Waals surface area contributed by atoms with Crippen molar-refractivity contribution in [1.29, 1.82) is 10.5 Å². The molecule has 4 heteroatoms. The van der Waals surface area contributed by atoms with Crippen molar-refractivity contribution < 1.29 is 0 Å². The van der Waals surface area contributed by atoms with Gasteiger partial charge < -0.3 is 9.13 Å². The third kappa shape index (κ3) is 2.41. The molecule has 4 aromatic carbocycles. The topological polar surface area (TPSA) is 57.4 Å². The molecule has 6 rings (SSSR count). The third-order valence-electron chi connectivity index (χ3n) is 6.36. The minimum absolute atomic E-state index is 0.616. The zero-order chi connectivity index (χ0) is 21.8. The molecule has 6 aromatic rings. The van der Waals surface area contributed by atoms with Crippen molar-refractivity contribution in [3.8, 4) is 17.8 Å². The number of rotatable bonds is 2. The number of fused-ring (bicyclic) bond motifs is 6. The number of aryl methyl sites for hydroxylation is 1. The zero-order valence-corrected chi connectivity index (χ0v) is 17.5. The van der Waals surface area contributed by atoms with Crippen molar-refractivity contribution in [2.75, 3.05) is 0 Å². The van der Waals surface area contributed by atoms with Crippen molar-refractivity contribution in [1.82, 2.24) is 9.13 Å². The first-order chi connectivity index (χ1) is 15.7. The van der Waals surface area contributed by atoms with Crippen LogP contribution in [0.2, 0.25) is 0 Å². The maximum absolute atomic E-state index is 9.50. The summed E-state index contributed by atoms with van der Waals surface area (Å²) in [7, 11) is 0. The molecule has 150 valence electrons. The van der Waals surface area contributed by atoms with Gasteiger partial charge in [0.1, 0.15) is 0 Å². The molecule has 0 spiro atoms. The van der Waals surface area contributed by atoms with Gasteiger partial charge in [0.2, 0.25) is 0 Å². The normalized spacial score (nSPS) is 11.3. The van der Waals surface area contributed by atoms with Crippen LogP contribution in [0.5, 0.6) is 0 Å². The van der Waals surface area contributed by atoms with E-state index in [9.17, 15) is 10.5 Å². The van der Waals surface area contributed by atoms with Crippen molar-refractivity contribution in [2.24, 2.45) is 0 Å². The van der Waals surface area contributed by atoms with E-state index in [0.29, 0.717) is 11.1 Å². The van der Waals surface area contributed by atoms with Crippen LogP contribution < -0.4 is 0 Å². The Labute approximate surface area is 184 Å². The van der Waals surface area contributed by atoms with Crippen LogP contribution in [0.3, 0.4) is 0 Å². The maximum atomic E-state index is 9.50. The first-order valence-electron chi connectivity index (χ1n) is 10.6. The molecule has 0 N–H and O–H groups in total. The molecule has 2 heterocycles. The van der Waals surface area contributed by atoms with Gasteiger partial charge in [-0.25, -0.2) is 0 Å². The summed E-state index contributed by atoms with van der Waals surface area (Å²) in [6.07, 6.45) is 0. The van der Waals surface area contributed by atoms with E-state index in [1.165, 1.54) is 21.8 Å². The van der Waals surface area contributed by atoms with Gasteiger partial charge in [-0.15, -0.1) is 0 Å². The highest BCUT2D eigenvalue weighted by atomic mass is 15.0. The number of nitrogens with zero attached hydrogens (tertiary/aromatic N) is 4. The average Bonchev–Trinajstić information content (AvgIpc) is 3.34. The van der Waals surface area contributed by atoms with Gasteiger partial charge in [-0.1, -0.05) is 30.3 Å². The molecule has 0 saturated heterocycles. The predicted octanol–water partition coefficient (Wildman–Crippen LogP) is 6.65. The fourth-order valence-electron chi connectivity index (χ4n) is 4.96. The molecular weight excluding hydrogens is 392 g/mol. The van der Waals surface area contributed by atoms with E-state index in [4.69, 9.17) is 0 Å². The number of nitriles is 2. The summed E-state index contributed by atoms with van der Waals surface area (Å²) < 4.78 is 4.51. The Morgan fingerprint density at radius 1 is 0.625 bits per heavy atom. The first-order valence-corrected chi connectivity index (χ1v) is 10.6. The van der Waals surface area contributed by atoms with Gasteiger partial charge in [0.25, 0.3) is 0 Å². The molecular formula is C28H18N4. The SMILES string of the molecule is CCn1c2ccccc2c2cc(-n3c4cc(C#N)ccc4c4ccc(C#N)cc43)ccc21. The fourth-order valence-corrected chi connectivity index (χ4v) is 4.96. The van der Waals surface area contributed by atoms with Crippen LogP contribution in [-0.2, 0) is 6.54 Å². The molecule has 4 nitrogen and oxygen atoms in total. The Morgan fingerprint density at radius 3 is 1.84 bits per heavy atom. The summed E-state index contributed by atoms with van der Waals surface area (Å²) >= 11 is 0. The highest BCUT2D eigenvalue weighted by Gasteiger charge is 2.16. The van der Waals surface area contributed by atoms with Gasteiger partial charge >= 0.3 is 0 Å². The summed E-state index contributed by atoms with van der Waals surface area (Å²) in [4.78, 5) is 0. The zero-order valence-electron chi connectivity index (χ0n) is 17.5. The van der Waals surface area contributed by atoms with E-state index >= 15 is 0 Å². The molecule has 0 radical (unpaired) electrons. The van der Waals surface area contributed by atoms with Crippen LogP contribution >= 0.6 is 0 Å². The summed E-state index contributed by atoms with van der Waals surface area (Å²) in [6.45, 7) is 3.06. The van der Waals surface area contributed by atoms with E-state index < -0.39 is 0 Å². The summed E-state index contributed by atoms with van der Waals surface area (Å²) in [6, 6.07) is 31.1. The lowest BCUT2D eigenvalue weighted by Crippen LogP contribution is -1.96. The minimum Gasteiger partial charge on any atom is -0.341 e. The Morgan fingerprint density at radius 2 is 1.22 bits per heavy atom. The minimum atomic E-state index is 0.616. The van der Waals surface area contributed by atoms with Crippen LogP contribution in [-0.4, -0.2) is 9.13 Å². The quantitative estimate of drug-likeness (QED) is 0.321. The Bertz CT molecular complexity index is 1710. The van der Waals surface area contributed by atoms with Gasteiger partial charge in [-0.3, -0.25) is 0 Å². The standard InChI is InChI=1S/C28H18N4/c1-2-31-25-6-4-3-5-21(25)24-15-20(9-12-26(24)31)32-27-13-18(16-29)7-10-22(27)23-11-8-19(17-30)14-28(23)32/h3-15H,2H2,1H3. The van der Waals surface area contributed by atoms with E-state index in [0.717, 1.165) is 34.0 Å². The van der Waals surface area contributed by atoms with Crippen LogP contribution in [0, 0.1) is 22.7 Å².